The van der Waals surface area contributed by atoms with E-state index in [1.807, 2.05) is 37.3 Å². The minimum Gasteiger partial charge on any atom is -0.465 e. The first-order valence-corrected chi connectivity index (χ1v) is 9.82. The quantitative estimate of drug-likeness (QED) is 0.761. The highest BCUT2D eigenvalue weighted by Gasteiger charge is 2.26. The summed E-state index contributed by atoms with van der Waals surface area (Å²) in [5, 5.41) is 3.75. The molecule has 2 aromatic carbocycles. The number of hydrogen-bond acceptors (Lipinski definition) is 4. The van der Waals surface area contributed by atoms with Gasteiger partial charge in [-0.3, -0.25) is 9.69 Å². The molecular formula is C22H25ClN2O3. The van der Waals surface area contributed by atoms with Crippen molar-refractivity contribution < 1.29 is 14.3 Å². The molecule has 0 radical (unpaired) electrons. The van der Waals surface area contributed by atoms with E-state index in [1.165, 1.54) is 7.11 Å². The summed E-state index contributed by atoms with van der Waals surface area (Å²) in [6.45, 7) is 4.19. The molecule has 3 rings (SSSR count). The van der Waals surface area contributed by atoms with E-state index < -0.39 is 5.97 Å². The maximum Gasteiger partial charge on any atom is 0.338 e. The fourth-order valence-electron chi connectivity index (χ4n) is 3.62. The highest BCUT2D eigenvalue weighted by atomic mass is 35.5. The number of likely N-dealkylation sites (tertiary alicyclic amines) is 1. The van der Waals surface area contributed by atoms with Crippen LogP contribution in [0.5, 0.6) is 0 Å². The van der Waals surface area contributed by atoms with Crippen molar-refractivity contribution in [1.29, 1.82) is 0 Å². The SMILES string of the molecule is COC(=O)c1cccc(NC(=O)[C@@H]2CCCN(Cc3ccccc3Cl)C2)c1C. The summed E-state index contributed by atoms with van der Waals surface area (Å²) in [5.74, 6) is -0.524. The van der Waals surface area contributed by atoms with E-state index in [9.17, 15) is 9.59 Å². The molecule has 5 nitrogen and oxygen atoms in total. The van der Waals surface area contributed by atoms with Gasteiger partial charge in [0, 0.05) is 23.8 Å². The molecule has 1 aliphatic heterocycles. The van der Waals surface area contributed by atoms with E-state index in [4.69, 9.17) is 16.3 Å². The number of amides is 1. The Morgan fingerprint density at radius 3 is 2.75 bits per heavy atom. The summed E-state index contributed by atoms with van der Waals surface area (Å²) in [6, 6.07) is 13.1. The Kier molecular flexibility index (Phi) is 6.70. The van der Waals surface area contributed by atoms with Crippen LogP contribution in [0, 0.1) is 12.8 Å². The molecule has 1 aliphatic rings. The molecule has 6 heteroatoms. The second-order valence-electron chi connectivity index (χ2n) is 7.12. The van der Waals surface area contributed by atoms with E-state index in [-0.39, 0.29) is 11.8 Å². The highest BCUT2D eigenvalue weighted by molar-refractivity contribution is 6.31. The molecule has 0 aliphatic carbocycles. The minimum absolute atomic E-state index is 0.0195. The van der Waals surface area contributed by atoms with Crippen molar-refractivity contribution in [3.05, 3.63) is 64.2 Å². The van der Waals surface area contributed by atoms with Gasteiger partial charge >= 0.3 is 5.97 Å². The van der Waals surface area contributed by atoms with Crippen LogP contribution in [0.3, 0.4) is 0 Å². The second kappa shape index (κ2) is 9.22. The molecule has 1 heterocycles. The molecule has 0 bridgehead atoms. The number of hydrogen-bond donors (Lipinski definition) is 1. The summed E-state index contributed by atoms with van der Waals surface area (Å²) in [5.41, 5.74) is 2.90. The van der Waals surface area contributed by atoms with Crippen LogP contribution in [-0.2, 0) is 16.1 Å². The normalized spacial score (nSPS) is 17.2. The molecule has 28 heavy (non-hydrogen) atoms. The van der Waals surface area contributed by atoms with Gasteiger partial charge < -0.3 is 10.1 Å². The zero-order valence-corrected chi connectivity index (χ0v) is 17.0. The van der Waals surface area contributed by atoms with Gasteiger partial charge in [-0.15, -0.1) is 0 Å². The van der Waals surface area contributed by atoms with E-state index in [0.29, 0.717) is 23.4 Å². The lowest BCUT2D eigenvalue weighted by atomic mass is 9.96. The number of nitrogens with zero attached hydrogens (tertiary/aromatic N) is 1. The third kappa shape index (κ3) is 4.72. The second-order valence-corrected chi connectivity index (χ2v) is 7.53. The third-order valence-corrected chi connectivity index (χ3v) is 5.59. The zero-order chi connectivity index (χ0) is 20.1. The predicted octanol–water partition coefficient (Wildman–Crippen LogP) is 4.29. The van der Waals surface area contributed by atoms with Crippen LogP contribution in [0.2, 0.25) is 5.02 Å². The smallest absolute Gasteiger partial charge is 0.338 e. The Balaban J connectivity index is 1.66. The van der Waals surface area contributed by atoms with E-state index in [2.05, 4.69) is 10.2 Å². The van der Waals surface area contributed by atoms with Crippen LogP contribution in [0.1, 0.15) is 34.3 Å². The number of ether oxygens (including phenoxy) is 1. The Morgan fingerprint density at radius 2 is 2.00 bits per heavy atom. The summed E-state index contributed by atoms with van der Waals surface area (Å²) in [6.07, 6.45) is 1.81. The number of esters is 1. The Morgan fingerprint density at radius 1 is 1.21 bits per heavy atom. The van der Waals surface area contributed by atoms with Crippen LogP contribution in [-0.4, -0.2) is 37.0 Å². The first-order valence-electron chi connectivity index (χ1n) is 9.44. The molecule has 0 spiro atoms. The monoisotopic (exact) mass is 400 g/mol. The van der Waals surface area contributed by atoms with Crippen molar-refractivity contribution in [3.8, 4) is 0 Å². The fourth-order valence-corrected chi connectivity index (χ4v) is 3.81. The van der Waals surface area contributed by atoms with Crippen molar-refractivity contribution in [2.75, 3.05) is 25.5 Å². The molecule has 1 N–H and O–H groups in total. The van der Waals surface area contributed by atoms with Crippen molar-refractivity contribution >= 4 is 29.2 Å². The van der Waals surface area contributed by atoms with Crippen molar-refractivity contribution in [3.63, 3.8) is 0 Å². The van der Waals surface area contributed by atoms with Crippen LogP contribution >= 0.6 is 11.6 Å². The molecule has 1 atom stereocenters. The topological polar surface area (TPSA) is 58.6 Å². The number of methoxy groups -OCH3 is 1. The molecule has 0 aromatic heterocycles. The molecule has 0 saturated carbocycles. The third-order valence-electron chi connectivity index (χ3n) is 5.23. The summed E-state index contributed by atoms with van der Waals surface area (Å²) < 4.78 is 4.80. The Labute approximate surface area is 170 Å². The molecule has 1 amide bonds. The molecule has 0 unspecified atom stereocenters. The number of rotatable bonds is 5. The van der Waals surface area contributed by atoms with Gasteiger partial charge in [0.05, 0.1) is 18.6 Å². The van der Waals surface area contributed by atoms with Gasteiger partial charge in [0.1, 0.15) is 0 Å². The van der Waals surface area contributed by atoms with E-state index in [1.54, 1.807) is 12.1 Å². The molecule has 148 valence electrons. The number of carbonyl (C=O) groups excluding carboxylic acids is 2. The fraction of sp³-hybridized carbons (Fsp3) is 0.364. The number of carbonyl (C=O) groups is 2. The first-order chi connectivity index (χ1) is 13.5. The molecule has 1 fully saturated rings. The van der Waals surface area contributed by atoms with Crippen LogP contribution < -0.4 is 5.32 Å². The lowest BCUT2D eigenvalue weighted by Gasteiger charge is -2.32. The van der Waals surface area contributed by atoms with E-state index >= 15 is 0 Å². The van der Waals surface area contributed by atoms with Crippen LogP contribution in [0.4, 0.5) is 5.69 Å². The maximum atomic E-state index is 12.9. The minimum atomic E-state index is -0.405. The van der Waals surface area contributed by atoms with Crippen LogP contribution in [0.25, 0.3) is 0 Å². The van der Waals surface area contributed by atoms with E-state index in [0.717, 1.165) is 36.5 Å². The number of benzene rings is 2. The largest absolute Gasteiger partial charge is 0.465 e. The average Bonchev–Trinajstić information content (AvgIpc) is 2.71. The molecular weight excluding hydrogens is 376 g/mol. The number of halogens is 1. The number of nitrogens with one attached hydrogen (secondary N) is 1. The van der Waals surface area contributed by atoms with Gasteiger partial charge in [0.25, 0.3) is 0 Å². The highest BCUT2D eigenvalue weighted by Crippen LogP contribution is 2.25. The van der Waals surface area contributed by atoms with Crippen LogP contribution in [0.15, 0.2) is 42.5 Å². The van der Waals surface area contributed by atoms with Gasteiger partial charge in [0.15, 0.2) is 0 Å². The zero-order valence-electron chi connectivity index (χ0n) is 16.2. The summed E-state index contributed by atoms with van der Waals surface area (Å²) in [7, 11) is 1.35. The van der Waals surface area contributed by atoms with Gasteiger partial charge in [-0.2, -0.15) is 0 Å². The molecule has 2 aromatic rings. The van der Waals surface area contributed by atoms with Gasteiger partial charge in [0.2, 0.25) is 5.91 Å². The maximum absolute atomic E-state index is 12.9. The lowest BCUT2D eigenvalue weighted by Crippen LogP contribution is -2.40. The van der Waals surface area contributed by atoms with Crippen molar-refractivity contribution in [2.45, 2.75) is 26.3 Å². The number of piperidine rings is 1. The molecule has 1 saturated heterocycles. The Hall–Kier alpha value is -2.37. The average molecular weight is 401 g/mol. The van der Waals surface area contributed by atoms with Gasteiger partial charge in [-0.05, 0) is 55.6 Å². The standard InChI is InChI=1S/C22H25ClN2O3/c1-15-18(22(27)28-2)9-5-11-20(15)24-21(26)17-8-6-12-25(14-17)13-16-7-3-4-10-19(16)23/h3-5,7,9-11,17H,6,8,12-14H2,1-2H3,(H,24,26)/t17-/m1/s1. The Bertz CT molecular complexity index is 869. The summed E-state index contributed by atoms with van der Waals surface area (Å²) >= 11 is 6.28. The van der Waals surface area contributed by atoms with Crippen molar-refractivity contribution in [2.24, 2.45) is 5.92 Å². The number of anilines is 1. The van der Waals surface area contributed by atoms with Gasteiger partial charge in [-0.25, -0.2) is 4.79 Å². The lowest BCUT2D eigenvalue weighted by molar-refractivity contribution is -0.121. The van der Waals surface area contributed by atoms with Crippen molar-refractivity contribution in [1.82, 2.24) is 4.90 Å². The summed E-state index contributed by atoms with van der Waals surface area (Å²) in [4.78, 5) is 27.0. The first kappa shape index (κ1) is 20.4. The van der Waals surface area contributed by atoms with Gasteiger partial charge in [-0.1, -0.05) is 35.9 Å². The predicted molar refractivity (Wildman–Crippen MR) is 111 cm³/mol.